The number of para-hydroxylation sites is 1. The van der Waals surface area contributed by atoms with Crippen LogP contribution in [0.15, 0.2) is 30.3 Å². The second kappa shape index (κ2) is 5.99. The molecule has 0 saturated carbocycles. The molecule has 1 aliphatic rings. The first kappa shape index (κ1) is 12.3. The number of likely N-dealkylation sites (N-methyl/N-ethyl adjacent to an activating group) is 1. The van der Waals surface area contributed by atoms with Crippen LogP contribution in [0.3, 0.4) is 0 Å². The van der Waals surface area contributed by atoms with Gasteiger partial charge in [-0.3, -0.25) is 0 Å². The Labute approximate surface area is 98.1 Å². The van der Waals surface area contributed by atoms with Crippen LogP contribution < -0.4 is 10.2 Å². The minimum atomic E-state index is 0. The van der Waals surface area contributed by atoms with Gasteiger partial charge in [0.25, 0.3) is 0 Å². The summed E-state index contributed by atoms with van der Waals surface area (Å²) in [4.78, 5) is 2.51. The van der Waals surface area contributed by atoms with Gasteiger partial charge in [-0.15, -0.1) is 12.4 Å². The van der Waals surface area contributed by atoms with E-state index in [-0.39, 0.29) is 12.4 Å². The highest BCUT2D eigenvalue weighted by atomic mass is 35.5. The Kier molecular flexibility index (Phi) is 4.92. The van der Waals surface area contributed by atoms with Crippen LogP contribution in [0.4, 0.5) is 5.69 Å². The van der Waals surface area contributed by atoms with Gasteiger partial charge in [-0.1, -0.05) is 18.2 Å². The zero-order chi connectivity index (χ0) is 9.80. The van der Waals surface area contributed by atoms with Crippen molar-refractivity contribution in [1.82, 2.24) is 5.32 Å². The van der Waals surface area contributed by atoms with Crippen LogP contribution in [-0.2, 0) is 0 Å². The Bertz CT molecular complexity index is 276. The van der Waals surface area contributed by atoms with Crippen molar-refractivity contribution in [3.05, 3.63) is 30.3 Å². The molecule has 1 N–H and O–H groups in total. The van der Waals surface area contributed by atoms with Crippen molar-refractivity contribution in [3.63, 3.8) is 0 Å². The zero-order valence-electron chi connectivity index (χ0n) is 9.15. The maximum absolute atomic E-state index is 3.27. The molecule has 0 aromatic heterocycles. The van der Waals surface area contributed by atoms with Crippen LogP contribution >= 0.6 is 12.4 Å². The number of hydrogen-bond acceptors (Lipinski definition) is 2. The van der Waals surface area contributed by atoms with Crippen molar-refractivity contribution in [2.24, 2.45) is 0 Å². The fourth-order valence-corrected chi connectivity index (χ4v) is 2.24. The largest absolute Gasteiger partial charge is 0.367 e. The standard InChI is InChI=1S/C12H18N2.ClH/c1-13-10-12-8-5-9-14(12)11-6-3-2-4-7-11;/h2-4,6-7,12-13H,5,8-10H2,1H3;1H. The van der Waals surface area contributed by atoms with Gasteiger partial charge in [-0.25, -0.2) is 0 Å². The summed E-state index contributed by atoms with van der Waals surface area (Å²) in [5.41, 5.74) is 1.37. The van der Waals surface area contributed by atoms with Crippen LogP contribution in [0.2, 0.25) is 0 Å². The predicted octanol–water partition coefficient (Wildman–Crippen LogP) is 2.30. The van der Waals surface area contributed by atoms with Crippen LogP contribution in [0.5, 0.6) is 0 Å². The smallest absolute Gasteiger partial charge is 0.0415 e. The van der Waals surface area contributed by atoms with Gasteiger partial charge in [-0.2, -0.15) is 0 Å². The lowest BCUT2D eigenvalue weighted by Crippen LogP contribution is -2.36. The molecule has 1 aromatic carbocycles. The summed E-state index contributed by atoms with van der Waals surface area (Å²) in [6.07, 6.45) is 2.64. The van der Waals surface area contributed by atoms with E-state index in [1.807, 2.05) is 7.05 Å². The van der Waals surface area contributed by atoms with Crippen molar-refractivity contribution in [2.75, 3.05) is 25.0 Å². The molecule has 0 spiro atoms. The molecule has 1 heterocycles. The quantitative estimate of drug-likeness (QED) is 0.851. The number of hydrogen-bond donors (Lipinski definition) is 1. The second-order valence-corrected chi connectivity index (χ2v) is 3.88. The predicted molar refractivity (Wildman–Crippen MR) is 68.0 cm³/mol. The van der Waals surface area contributed by atoms with Crippen molar-refractivity contribution in [1.29, 1.82) is 0 Å². The first-order chi connectivity index (χ1) is 6.92. The Balaban J connectivity index is 0.00000112. The maximum atomic E-state index is 3.27. The number of nitrogens with one attached hydrogen (secondary N) is 1. The molecule has 15 heavy (non-hydrogen) atoms. The lowest BCUT2D eigenvalue weighted by molar-refractivity contribution is 0.615. The van der Waals surface area contributed by atoms with Gasteiger partial charge in [0, 0.05) is 24.8 Å². The van der Waals surface area contributed by atoms with Gasteiger partial charge in [0.1, 0.15) is 0 Å². The van der Waals surface area contributed by atoms with E-state index in [9.17, 15) is 0 Å². The summed E-state index contributed by atoms with van der Waals surface area (Å²) in [5.74, 6) is 0. The van der Waals surface area contributed by atoms with E-state index >= 15 is 0 Å². The van der Waals surface area contributed by atoms with Crippen LogP contribution in [-0.4, -0.2) is 26.2 Å². The summed E-state index contributed by atoms with van der Waals surface area (Å²) in [6.45, 7) is 2.30. The Morgan fingerprint density at radius 2 is 2.07 bits per heavy atom. The summed E-state index contributed by atoms with van der Waals surface area (Å²) < 4.78 is 0. The topological polar surface area (TPSA) is 15.3 Å². The summed E-state index contributed by atoms with van der Waals surface area (Å²) in [6, 6.07) is 11.4. The van der Waals surface area contributed by atoms with E-state index in [0.717, 1.165) is 6.54 Å². The molecule has 2 nitrogen and oxygen atoms in total. The average Bonchev–Trinajstić information content (AvgIpc) is 2.68. The minimum Gasteiger partial charge on any atom is -0.367 e. The van der Waals surface area contributed by atoms with E-state index in [0.29, 0.717) is 6.04 Å². The molecule has 1 aliphatic heterocycles. The summed E-state index contributed by atoms with van der Waals surface area (Å²) in [5, 5.41) is 3.27. The number of anilines is 1. The molecule has 1 aromatic rings. The normalized spacial score (nSPS) is 20.1. The molecule has 0 aliphatic carbocycles. The molecule has 1 unspecified atom stereocenters. The lowest BCUT2D eigenvalue weighted by Gasteiger charge is -2.26. The monoisotopic (exact) mass is 226 g/mol. The first-order valence-corrected chi connectivity index (χ1v) is 5.38. The highest BCUT2D eigenvalue weighted by Gasteiger charge is 2.23. The van der Waals surface area contributed by atoms with Gasteiger partial charge < -0.3 is 10.2 Å². The van der Waals surface area contributed by atoms with Crippen molar-refractivity contribution in [2.45, 2.75) is 18.9 Å². The molecule has 0 bridgehead atoms. The Morgan fingerprint density at radius 1 is 1.33 bits per heavy atom. The van der Waals surface area contributed by atoms with Crippen LogP contribution in [0.1, 0.15) is 12.8 Å². The van der Waals surface area contributed by atoms with E-state index in [2.05, 4.69) is 40.5 Å². The number of benzene rings is 1. The fraction of sp³-hybridized carbons (Fsp3) is 0.500. The molecular weight excluding hydrogens is 208 g/mol. The molecule has 1 atom stereocenters. The number of rotatable bonds is 3. The average molecular weight is 227 g/mol. The third-order valence-electron chi connectivity index (χ3n) is 2.90. The zero-order valence-corrected chi connectivity index (χ0v) is 9.96. The highest BCUT2D eigenvalue weighted by molar-refractivity contribution is 5.85. The molecule has 2 rings (SSSR count). The van der Waals surface area contributed by atoms with Crippen molar-refractivity contribution in [3.8, 4) is 0 Å². The SMILES string of the molecule is CNCC1CCCN1c1ccccc1.Cl. The highest BCUT2D eigenvalue weighted by Crippen LogP contribution is 2.24. The lowest BCUT2D eigenvalue weighted by atomic mass is 10.2. The number of nitrogens with zero attached hydrogens (tertiary/aromatic N) is 1. The third-order valence-corrected chi connectivity index (χ3v) is 2.90. The third kappa shape index (κ3) is 2.86. The van der Waals surface area contributed by atoms with Gasteiger partial charge in [0.15, 0.2) is 0 Å². The van der Waals surface area contributed by atoms with E-state index in [1.165, 1.54) is 25.1 Å². The molecule has 84 valence electrons. The van der Waals surface area contributed by atoms with E-state index in [1.54, 1.807) is 0 Å². The van der Waals surface area contributed by atoms with Crippen molar-refractivity contribution < 1.29 is 0 Å². The van der Waals surface area contributed by atoms with Crippen LogP contribution in [0, 0.1) is 0 Å². The molecule has 0 radical (unpaired) electrons. The van der Waals surface area contributed by atoms with Gasteiger partial charge >= 0.3 is 0 Å². The van der Waals surface area contributed by atoms with E-state index < -0.39 is 0 Å². The van der Waals surface area contributed by atoms with Gasteiger partial charge in [0.05, 0.1) is 0 Å². The summed E-state index contributed by atoms with van der Waals surface area (Å²) >= 11 is 0. The minimum absolute atomic E-state index is 0. The maximum Gasteiger partial charge on any atom is 0.0415 e. The van der Waals surface area contributed by atoms with Gasteiger partial charge in [-0.05, 0) is 32.0 Å². The Hall–Kier alpha value is -0.730. The molecular formula is C12H19ClN2. The van der Waals surface area contributed by atoms with Crippen molar-refractivity contribution >= 4 is 18.1 Å². The molecule has 1 fully saturated rings. The molecule has 0 amide bonds. The fourth-order valence-electron chi connectivity index (χ4n) is 2.24. The molecule has 3 heteroatoms. The van der Waals surface area contributed by atoms with E-state index in [4.69, 9.17) is 0 Å². The summed E-state index contributed by atoms with van der Waals surface area (Å²) in [7, 11) is 2.03. The molecule has 1 saturated heterocycles. The number of halogens is 1. The Morgan fingerprint density at radius 3 is 2.73 bits per heavy atom. The first-order valence-electron chi connectivity index (χ1n) is 5.38. The van der Waals surface area contributed by atoms with Crippen LogP contribution in [0.25, 0.3) is 0 Å². The second-order valence-electron chi connectivity index (χ2n) is 3.88. The van der Waals surface area contributed by atoms with Gasteiger partial charge in [0.2, 0.25) is 0 Å².